The lowest BCUT2D eigenvalue weighted by Gasteiger charge is -2.26. The molecular weight excluding hydrogens is 298 g/mol. The molecule has 0 spiro atoms. The number of sulfonamides is 1. The SMILES string of the molecule is Cc1csc(CN)c1S(=O)(=O)N1CCn2cnnc2C1. The van der Waals surface area contributed by atoms with Gasteiger partial charge in [-0.15, -0.1) is 21.5 Å². The van der Waals surface area contributed by atoms with Crippen LogP contribution in [0.5, 0.6) is 0 Å². The number of thiophene rings is 1. The summed E-state index contributed by atoms with van der Waals surface area (Å²) in [6.45, 7) is 3.28. The molecule has 2 N–H and O–H groups in total. The lowest BCUT2D eigenvalue weighted by molar-refractivity contribution is 0.335. The number of aromatic nitrogens is 3. The summed E-state index contributed by atoms with van der Waals surface area (Å²) in [5.41, 5.74) is 6.40. The van der Waals surface area contributed by atoms with Crippen molar-refractivity contribution in [2.45, 2.75) is 31.5 Å². The van der Waals surface area contributed by atoms with Gasteiger partial charge in [0.15, 0.2) is 0 Å². The summed E-state index contributed by atoms with van der Waals surface area (Å²) in [5.74, 6) is 0.669. The Morgan fingerprint density at radius 3 is 3.00 bits per heavy atom. The van der Waals surface area contributed by atoms with E-state index in [4.69, 9.17) is 5.73 Å². The van der Waals surface area contributed by atoms with Gasteiger partial charge in [-0.2, -0.15) is 4.31 Å². The molecular formula is C11H15N5O2S2. The smallest absolute Gasteiger partial charge is 0.244 e. The van der Waals surface area contributed by atoms with Crippen molar-refractivity contribution in [1.82, 2.24) is 19.1 Å². The second-order valence-corrected chi connectivity index (χ2v) is 7.49. The van der Waals surface area contributed by atoms with Gasteiger partial charge in [-0.05, 0) is 17.9 Å². The van der Waals surface area contributed by atoms with Gasteiger partial charge in [0.1, 0.15) is 17.0 Å². The molecule has 0 saturated heterocycles. The van der Waals surface area contributed by atoms with Gasteiger partial charge in [-0.1, -0.05) is 0 Å². The molecule has 0 saturated carbocycles. The van der Waals surface area contributed by atoms with Crippen LogP contribution in [0.3, 0.4) is 0 Å². The fourth-order valence-corrected chi connectivity index (χ4v) is 5.39. The highest BCUT2D eigenvalue weighted by molar-refractivity contribution is 7.89. The van der Waals surface area contributed by atoms with Crippen LogP contribution in [0.4, 0.5) is 0 Å². The van der Waals surface area contributed by atoms with Gasteiger partial charge in [-0.3, -0.25) is 0 Å². The van der Waals surface area contributed by atoms with E-state index in [1.807, 2.05) is 9.95 Å². The van der Waals surface area contributed by atoms with Crippen molar-refractivity contribution < 1.29 is 8.42 Å². The summed E-state index contributed by atoms with van der Waals surface area (Å²) >= 11 is 1.39. The predicted molar refractivity (Wildman–Crippen MR) is 74.6 cm³/mol. The van der Waals surface area contributed by atoms with E-state index in [1.54, 1.807) is 13.3 Å². The Morgan fingerprint density at radius 2 is 2.25 bits per heavy atom. The van der Waals surface area contributed by atoms with Crippen LogP contribution in [0.2, 0.25) is 0 Å². The van der Waals surface area contributed by atoms with E-state index >= 15 is 0 Å². The molecule has 3 rings (SSSR count). The van der Waals surface area contributed by atoms with E-state index in [0.29, 0.717) is 28.7 Å². The third kappa shape index (κ3) is 2.06. The lowest BCUT2D eigenvalue weighted by Crippen LogP contribution is -2.38. The molecule has 20 heavy (non-hydrogen) atoms. The number of nitrogens with zero attached hydrogens (tertiary/aromatic N) is 4. The minimum absolute atomic E-state index is 0.233. The zero-order valence-electron chi connectivity index (χ0n) is 11.0. The molecule has 1 aliphatic heterocycles. The van der Waals surface area contributed by atoms with Crippen LogP contribution in [0, 0.1) is 6.92 Å². The van der Waals surface area contributed by atoms with Gasteiger partial charge < -0.3 is 10.3 Å². The second-order valence-electron chi connectivity index (χ2n) is 4.65. The van der Waals surface area contributed by atoms with E-state index in [0.717, 1.165) is 5.56 Å². The molecule has 0 bridgehead atoms. The number of nitrogens with two attached hydrogens (primary N) is 1. The minimum Gasteiger partial charge on any atom is -0.326 e. The van der Waals surface area contributed by atoms with E-state index < -0.39 is 10.0 Å². The molecule has 2 aromatic rings. The number of rotatable bonds is 3. The molecule has 7 nitrogen and oxygen atoms in total. The van der Waals surface area contributed by atoms with Crippen LogP contribution in [-0.2, 0) is 29.7 Å². The Labute approximate surface area is 121 Å². The maximum atomic E-state index is 12.8. The Kier molecular flexibility index (Phi) is 3.36. The number of hydrogen-bond acceptors (Lipinski definition) is 6. The van der Waals surface area contributed by atoms with Crippen LogP contribution in [-0.4, -0.2) is 34.0 Å². The van der Waals surface area contributed by atoms with Crippen LogP contribution in [0.25, 0.3) is 0 Å². The molecule has 0 unspecified atom stereocenters. The maximum absolute atomic E-state index is 12.8. The molecule has 0 radical (unpaired) electrons. The lowest BCUT2D eigenvalue weighted by atomic mass is 10.3. The van der Waals surface area contributed by atoms with Crippen LogP contribution < -0.4 is 5.73 Å². The molecule has 0 aromatic carbocycles. The summed E-state index contributed by atoms with van der Waals surface area (Å²) in [4.78, 5) is 1.06. The van der Waals surface area contributed by atoms with E-state index in [9.17, 15) is 8.42 Å². The van der Waals surface area contributed by atoms with Gasteiger partial charge >= 0.3 is 0 Å². The average Bonchev–Trinajstić information content (AvgIpc) is 3.03. The molecule has 9 heteroatoms. The summed E-state index contributed by atoms with van der Waals surface area (Å²) in [6, 6.07) is 0. The quantitative estimate of drug-likeness (QED) is 0.880. The first-order valence-corrected chi connectivity index (χ1v) is 8.50. The highest BCUT2D eigenvalue weighted by Gasteiger charge is 2.32. The molecule has 0 fully saturated rings. The Balaban J connectivity index is 1.99. The molecule has 108 valence electrons. The van der Waals surface area contributed by atoms with Crippen molar-refractivity contribution in [2.75, 3.05) is 6.54 Å². The molecule has 3 heterocycles. The van der Waals surface area contributed by atoms with Crippen LogP contribution in [0.1, 0.15) is 16.3 Å². The van der Waals surface area contributed by atoms with Crippen LogP contribution >= 0.6 is 11.3 Å². The summed E-state index contributed by atoms with van der Waals surface area (Å²) in [7, 11) is -3.53. The third-order valence-corrected chi connectivity index (χ3v) is 6.71. The first-order chi connectivity index (χ1) is 9.54. The maximum Gasteiger partial charge on any atom is 0.244 e. The van der Waals surface area contributed by atoms with Gasteiger partial charge in [0, 0.05) is 24.5 Å². The average molecular weight is 313 g/mol. The molecule has 0 amide bonds. The monoisotopic (exact) mass is 313 g/mol. The fraction of sp³-hybridized carbons (Fsp3) is 0.455. The van der Waals surface area contributed by atoms with E-state index in [-0.39, 0.29) is 13.1 Å². The standard InChI is InChI=1S/C11H15N5O2S2/c1-8-6-19-9(4-12)11(8)20(17,18)16-3-2-15-7-13-14-10(15)5-16/h6-7H,2-5,12H2,1H3. The Bertz CT molecular complexity index is 734. The summed E-state index contributed by atoms with van der Waals surface area (Å²) in [5, 5.41) is 9.59. The van der Waals surface area contributed by atoms with Crippen molar-refractivity contribution >= 4 is 21.4 Å². The van der Waals surface area contributed by atoms with E-state index in [1.165, 1.54) is 15.6 Å². The van der Waals surface area contributed by atoms with Crippen molar-refractivity contribution in [1.29, 1.82) is 0 Å². The van der Waals surface area contributed by atoms with E-state index in [2.05, 4.69) is 10.2 Å². The molecule has 0 atom stereocenters. The molecule has 0 aliphatic carbocycles. The fourth-order valence-electron chi connectivity index (χ4n) is 2.35. The number of aryl methyl sites for hydroxylation is 1. The van der Waals surface area contributed by atoms with Gasteiger partial charge in [-0.25, -0.2) is 8.42 Å². The Hall–Kier alpha value is -1.29. The predicted octanol–water partition coefficient (Wildman–Crippen LogP) is 0.311. The number of hydrogen-bond donors (Lipinski definition) is 1. The largest absolute Gasteiger partial charge is 0.326 e. The van der Waals surface area contributed by atoms with Crippen LogP contribution in [0.15, 0.2) is 16.6 Å². The minimum atomic E-state index is -3.53. The first-order valence-electron chi connectivity index (χ1n) is 6.18. The topological polar surface area (TPSA) is 94.1 Å². The van der Waals surface area contributed by atoms with Gasteiger partial charge in [0.2, 0.25) is 10.0 Å². The first kappa shape index (κ1) is 13.7. The highest BCUT2D eigenvalue weighted by atomic mass is 32.2. The third-order valence-electron chi connectivity index (χ3n) is 3.38. The molecule has 1 aliphatic rings. The van der Waals surface area contributed by atoms with Crippen molar-refractivity contribution in [2.24, 2.45) is 5.73 Å². The summed E-state index contributed by atoms with van der Waals surface area (Å²) < 4.78 is 28.9. The van der Waals surface area contributed by atoms with Gasteiger partial charge in [0.25, 0.3) is 0 Å². The number of fused-ring (bicyclic) bond motifs is 1. The molecule has 2 aromatic heterocycles. The zero-order chi connectivity index (χ0) is 14.3. The van der Waals surface area contributed by atoms with Crippen molar-refractivity contribution in [3.8, 4) is 0 Å². The van der Waals surface area contributed by atoms with Crippen molar-refractivity contribution in [3.05, 3.63) is 28.0 Å². The Morgan fingerprint density at radius 1 is 1.45 bits per heavy atom. The summed E-state index contributed by atoms with van der Waals surface area (Å²) in [6.07, 6.45) is 1.63. The van der Waals surface area contributed by atoms with Gasteiger partial charge in [0.05, 0.1) is 6.54 Å². The normalized spacial score (nSPS) is 16.3. The van der Waals surface area contributed by atoms with Crippen molar-refractivity contribution in [3.63, 3.8) is 0 Å². The highest BCUT2D eigenvalue weighted by Crippen LogP contribution is 2.30. The second kappa shape index (κ2) is 4.92. The zero-order valence-corrected chi connectivity index (χ0v) is 12.6.